The van der Waals surface area contributed by atoms with Crippen molar-refractivity contribution in [2.24, 2.45) is 0 Å². The largest absolute Gasteiger partial charge is 0.382 e. The average molecular weight is 390 g/mol. The van der Waals surface area contributed by atoms with Gasteiger partial charge in [0.15, 0.2) is 5.82 Å². The molecule has 0 aliphatic carbocycles. The number of halogens is 1. The third-order valence-electron chi connectivity index (χ3n) is 3.72. The topological polar surface area (TPSA) is 85.8 Å². The van der Waals surface area contributed by atoms with Gasteiger partial charge >= 0.3 is 5.97 Å². The number of hydrogen-bond donors (Lipinski definition) is 1. The number of rotatable bonds is 4. The summed E-state index contributed by atoms with van der Waals surface area (Å²) in [6.45, 7) is 1.89. The molecule has 2 heterocycles. The van der Waals surface area contributed by atoms with Gasteiger partial charge in [-0.15, -0.1) is 5.06 Å². The highest BCUT2D eigenvalue weighted by Crippen LogP contribution is 2.27. The Hall–Kier alpha value is -2.45. The van der Waals surface area contributed by atoms with Gasteiger partial charge in [0.25, 0.3) is 0 Å². The van der Waals surface area contributed by atoms with Crippen LogP contribution < -0.4 is 5.73 Å². The number of hydroxylamine groups is 2. The Morgan fingerprint density at radius 1 is 1.38 bits per heavy atom. The van der Waals surface area contributed by atoms with E-state index in [0.29, 0.717) is 27.3 Å². The number of anilines is 1. The SMILES string of the molecule is C[C@@H](c1nc(Br)c2c(N)nccn12)N(C)OC(=O)c1ccccc1. The van der Waals surface area contributed by atoms with Gasteiger partial charge in [0.2, 0.25) is 0 Å². The van der Waals surface area contributed by atoms with E-state index in [4.69, 9.17) is 10.6 Å². The number of fused-ring (bicyclic) bond motifs is 1. The normalized spacial score (nSPS) is 12.5. The van der Waals surface area contributed by atoms with Crippen molar-refractivity contribution in [2.75, 3.05) is 12.8 Å². The molecular weight excluding hydrogens is 374 g/mol. The van der Waals surface area contributed by atoms with Crippen LogP contribution in [0.25, 0.3) is 5.52 Å². The zero-order valence-corrected chi connectivity index (χ0v) is 14.8. The van der Waals surface area contributed by atoms with Gasteiger partial charge in [-0.2, -0.15) is 0 Å². The number of nitrogens with two attached hydrogens (primary N) is 1. The first kappa shape index (κ1) is 16.4. The van der Waals surface area contributed by atoms with Crippen molar-refractivity contribution in [3.63, 3.8) is 0 Å². The van der Waals surface area contributed by atoms with Crippen molar-refractivity contribution in [3.05, 3.63) is 58.7 Å². The van der Waals surface area contributed by atoms with Gasteiger partial charge in [0, 0.05) is 19.4 Å². The van der Waals surface area contributed by atoms with E-state index in [-0.39, 0.29) is 6.04 Å². The van der Waals surface area contributed by atoms with E-state index in [1.165, 1.54) is 5.06 Å². The zero-order valence-electron chi connectivity index (χ0n) is 13.2. The summed E-state index contributed by atoms with van der Waals surface area (Å²) >= 11 is 3.40. The lowest BCUT2D eigenvalue weighted by molar-refractivity contribution is -0.118. The Morgan fingerprint density at radius 3 is 2.79 bits per heavy atom. The summed E-state index contributed by atoms with van der Waals surface area (Å²) in [5, 5.41) is 1.47. The minimum Gasteiger partial charge on any atom is -0.382 e. The second-order valence-electron chi connectivity index (χ2n) is 5.26. The van der Waals surface area contributed by atoms with Crippen LogP contribution in [0.5, 0.6) is 0 Å². The number of nitrogens with zero attached hydrogens (tertiary/aromatic N) is 4. The van der Waals surface area contributed by atoms with E-state index in [9.17, 15) is 4.79 Å². The number of benzene rings is 1. The zero-order chi connectivity index (χ0) is 17.3. The van der Waals surface area contributed by atoms with Gasteiger partial charge in [-0.25, -0.2) is 14.8 Å². The summed E-state index contributed by atoms with van der Waals surface area (Å²) in [6.07, 6.45) is 3.37. The molecule has 0 bridgehead atoms. The lowest BCUT2D eigenvalue weighted by Gasteiger charge is -2.22. The number of aromatic nitrogens is 3. The number of carbonyl (C=O) groups excluding carboxylic acids is 1. The molecule has 2 aromatic heterocycles. The lowest BCUT2D eigenvalue weighted by Crippen LogP contribution is -2.27. The van der Waals surface area contributed by atoms with Crippen molar-refractivity contribution < 1.29 is 9.63 Å². The lowest BCUT2D eigenvalue weighted by atomic mass is 10.2. The fraction of sp³-hybridized carbons (Fsp3) is 0.188. The first-order chi connectivity index (χ1) is 11.5. The Morgan fingerprint density at radius 2 is 2.08 bits per heavy atom. The molecule has 0 radical (unpaired) electrons. The van der Waals surface area contributed by atoms with Gasteiger partial charge in [-0.05, 0) is 35.0 Å². The van der Waals surface area contributed by atoms with Crippen LogP contribution in [-0.4, -0.2) is 32.4 Å². The highest BCUT2D eigenvalue weighted by atomic mass is 79.9. The van der Waals surface area contributed by atoms with Crippen LogP contribution in [0.15, 0.2) is 47.3 Å². The van der Waals surface area contributed by atoms with Crippen LogP contribution in [0.3, 0.4) is 0 Å². The van der Waals surface area contributed by atoms with Crippen LogP contribution in [0.4, 0.5) is 5.82 Å². The predicted octanol–water partition coefficient (Wildman–Crippen LogP) is 2.84. The third-order valence-corrected chi connectivity index (χ3v) is 4.28. The van der Waals surface area contributed by atoms with Crippen molar-refractivity contribution in [2.45, 2.75) is 13.0 Å². The minimum atomic E-state index is -0.425. The average Bonchev–Trinajstić information content (AvgIpc) is 2.93. The minimum absolute atomic E-state index is 0.293. The van der Waals surface area contributed by atoms with Crippen LogP contribution in [0, 0.1) is 0 Å². The molecule has 0 aliphatic rings. The van der Waals surface area contributed by atoms with Gasteiger partial charge in [0.1, 0.15) is 22.0 Å². The molecule has 124 valence electrons. The Bertz CT molecular complexity index is 881. The standard InChI is InChI=1S/C16H16BrN5O2/c1-10(21(2)24-16(23)11-6-4-3-5-7-11)15-20-13(17)12-14(18)19-8-9-22(12)15/h3-10H,1-2H3,(H2,18,19)/t10-/m0/s1. The van der Waals surface area contributed by atoms with Gasteiger partial charge in [-0.3, -0.25) is 4.40 Å². The molecule has 0 amide bonds. The van der Waals surface area contributed by atoms with Crippen LogP contribution in [0.2, 0.25) is 0 Å². The number of carbonyl (C=O) groups is 1. The molecule has 0 fully saturated rings. The molecule has 0 saturated carbocycles. The van der Waals surface area contributed by atoms with Gasteiger partial charge in [-0.1, -0.05) is 18.2 Å². The second kappa shape index (κ2) is 6.58. The van der Waals surface area contributed by atoms with E-state index >= 15 is 0 Å². The van der Waals surface area contributed by atoms with Gasteiger partial charge < -0.3 is 10.6 Å². The first-order valence-electron chi connectivity index (χ1n) is 7.27. The number of hydrogen-bond acceptors (Lipinski definition) is 6. The summed E-state index contributed by atoms with van der Waals surface area (Å²) in [7, 11) is 1.69. The van der Waals surface area contributed by atoms with E-state index < -0.39 is 5.97 Å². The van der Waals surface area contributed by atoms with Crippen molar-refractivity contribution in [1.29, 1.82) is 0 Å². The molecule has 1 aromatic carbocycles. The highest BCUT2D eigenvalue weighted by molar-refractivity contribution is 9.10. The summed E-state index contributed by atoms with van der Waals surface area (Å²) in [5.74, 6) is 0.625. The molecule has 2 N–H and O–H groups in total. The van der Waals surface area contributed by atoms with Crippen LogP contribution in [0.1, 0.15) is 29.1 Å². The Kier molecular flexibility index (Phi) is 4.50. The molecule has 7 nitrogen and oxygen atoms in total. The van der Waals surface area contributed by atoms with E-state index in [0.717, 1.165) is 0 Å². The molecule has 24 heavy (non-hydrogen) atoms. The maximum Gasteiger partial charge on any atom is 0.357 e. The summed E-state index contributed by atoms with van der Waals surface area (Å²) in [5.41, 5.74) is 7.07. The summed E-state index contributed by atoms with van der Waals surface area (Å²) in [4.78, 5) is 26.1. The molecule has 0 aliphatic heterocycles. The van der Waals surface area contributed by atoms with E-state index in [2.05, 4.69) is 25.9 Å². The van der Waals surface area contributed by atoms with Crippen LogP contribution in [-0.2, 0) is 4.84 Å². The van der Waals surface area contributed by atoms with Gasteiger partial charge in [0.05, 0.1) is 5.56 Å². The molecule has 3 aromatic rings. The smallest absolute Gasteiger partial charge is 0.357 e. The van der Waals surface area contributed by atoms with Crippen molar-refractivity contribution >= 4 is 33.2 Å². The maximum atomic E-state index is 12.2. The monoisotopic (exact) mass is 389 g/mol. The molecule has 8 heteroatoms. The summed E-state index contributed by atoms with van der Waals surface area (Å²) in [6, 6.07) is 8.53. The van der Waals surface area contributed by atoms with Crippen molar-refractivity contribution in [1.82, 2.24) is 19.4 Å². The van der Waals surface area contributed by atoms with Crippen LogP contribution >= 0.6 is 15.9 Å². The molecule has 0 unspecified atom stereocenters. The Labute approximate surface area is 147 Å². The van der Waals surface area contributed by atoms with E-state index in [1.54, 1.807) is 43.7 Å². The quantitative estimate of drug-likeness (QED) is 0.690. The number of nitrogen functional groups attached to an aromatic ring is 1. The first-order valence-corrected chi connectivity index (χ1v) is 8.06. The van der Waals surface area contributed by atoms with E-state index in [1.807, 2.05) is 17.4 Å². The predicted molar refractivity (Wildman–Crippen MR) is 93.1 cm³/mol. The maximum absolute atomic E-state index is 12.2. The molecule has 0 saturated heterocycles. The molecular formula is C16H16BrN5O2. The summed E-state index contributed by atoms with van der Waals surface area (Å²) < 4.78 is 2.42. The highest BCUT2D eigenvalue weighted by Gasteiger charge is 2.23. The number of imidazole rings is 1. The fourth-order valence-electron chi connectivity index (χ4n) is 2.34. The van der Waals surface area contributed by atoms with Crippen molar-refractivity contribution in [3.8, 4) is 0 Å². The Balaban J connectivity index is 1.85. The second-order valence-corrected chi connectivity index (χ2v) is 6.01. The molecule has 3 rings (SSSR count). The molecule has 0 spiro atoms. The third kappa shape index (κ3) is 2.98. The fourth-order valence-corrected chi connectivity index (χ4v) is 2.91. The molecule has 1 atom stereocenters.